The highest BCUT2D eigenvalue weighted by atomic mass is 19.1. The fourth-order valence-electron chi connectivity index (χ4n) is 1.87. The molecule has 0 aliphatic heterocycles. The van der Waals surface area contributed by atoms with E-state index in [9.17, 15) is 13.6 Å². The number of carbonyl (C=O) groups is 1. The molecule has 0 radical (unpaired) electrons. The van der Waals surface area contributed by atoms with E-state index in [-0.39, 0.29) is 5.97 Å². The van der Waals surface area contributed by atoms with Crippen molar-refractivity contribution in [1.29, 1.82) is 0 Å². The molecule has 0 aliphatic rings. The van der Waals surface area contributed by atoms with Crippen molar-refractivity contribution in [3.63, 3.8) is 0 Å². The molecule has 0 heterocycles. The Morgan fingerprint density at radius 2 is 1.95 bits per heavy atom. The molecule has 0 fully saturated rings. The molecule has 5 heteroatoms. The Kier molecular flexibility index (Phi) is 7.80. The summed E-state index contributed by atoms with van der Waals surface area (Å²) in [6.45, 7) is 1.60. The van der Waals surface area contributed by atoms with Crippen LogP contribution < -0.4 is 5.32 Å². The summed E-state index contributed by atoms with van der Waals surface area (Å²) in [7, 11) is 1.38. The maximum atomic E-state index is 13.3. The first-order valence-electron chi connectivity index (χ1n) is 6.85. The van der Waals surface area contributed by atoms with Gasteiger partial charge in [-0.25, -0.2) is 8.78 Å². The predicted molar refractivity (Wildman–Crippen MR) is 73.4 cm³/mol. The van der Waals surface area contributed by atoms with E-state index in [1.54, 1.807) is 0 Å². The van der Waals surface area contributed by atoms with Crippen LogP contribution >= 0.6 is 0 Å². The maximum absolute atomic E-state index is 13.3. The lowest BCUT2D eigenvalue weighted by atomic mass is 10.1. The average Bonchev–Trinajstić information content (AvgIpc) is 2.43. The van der Waals surface area contributed by atoms with Gasteiger partial charge in [0.2, 0.25) is 0 Å². The predicted octanol–water partition coefficient (Wildman–Crippen LogP) is 2.83. The Hall–Kier alpha value is -1.49. The van der Waals surface area contributed by atoms with Gasteiger partial charge in [-0.1, -0.05) is 6.07 Å². The second kappa shape index (κ2) is 9.42. The van der Waals surface area contributed by atoms with Crippen LogP contribution in [0.15, 0.2) is 18.2 Å². The van der Waals surface area contributed by atoms with E-state index < -0.39 is 11.6 Å². The second-order valence-electron chi connectivity index (χ2n) is 4.62. The Bertz CT molecular complexity index is 424. The molecule has 1 rings (SSSR count). The summed E-state index contributed by atoms with van der Waals surface area (Å²) < 4.78 is 30.6. The second-order valence-corrected chi connectivity index (χ2v) is 4.62. The minimum Gasteiger partial charge on any atom is -0.469 e. The maximum Gasteiger partial charge on any atom is 0.305 e. The van der Waals surface area contributed by atoms with Gasteiger partial charge in [0.15, 0.2) is 0 Å². The van der Waals surface area contributed by atoms with Gasteiger partial charge in [0.05, 0.1) is 7.11 Å². The van der Waals surface area contributed by atoms with Gasteiger partial charge in [-0.15, -0.1) is 0 Å². The smallest absolute Gasteiger partial charge is 0.305 e. The molecule has 0 spiro atoms. The molecule has 0 saturated carbocycles. The number of esters is 1. The number of rotatable bonds is 9. The average molecular weight is 285 g/mol. The SMILES string of the molecule is COC(=O)CCCCNCCCc1ccc(F)cc1F. The molecule has 1 N–H and O–H groups in total. The zero-order valence-electron chi connectivity index (χ0n) is 11.8. The van der Waals surface area contributed by atoms with Gasteiger partial charge < -0.3 is 10.1 Å². The number of hydrogen-bond donors (Lipinski definition) is 1. The monoisotopic (exact) mass is 285 g/mol. The molecule has 0 aliphatic carbocycles. The molecule has 112 valence electrons. The Labute approximate surface area is 118 Å². The van der Waals surface area contributed by atoms with Gasteiger partial charge in [-0.05, 0) is 50.4 Å². The highest BCUT2D eigenvalue weighted by Gasteiger charge is 2.03. The van der Waals surface area contributed by atoms with E-state index in [0.29, 0.717) is 18.4 Å². The van der Waals surface area contributed by atoms with Crippen molar-refractivity contribution in [3.8, 4) is 0 Å². The molecular weight excluding hydrogens is 264 g/mol. The van der Waals surface area contributed by atoms with E-state index >= 15 is 0 Å². The number of ether oxygens (including phenoxy) is 1. The number of aryl methyl sites for hydroxylation is 1. The van der Waals surface area contributed by atoms with Crippen LogP contribution in [0, 0.1) is 11.6 Å². The van der Waals surface area contributed by atoms with Gasteiger partial charge in [-0.2, -0.15) is 0 Å². The van der Waals surface area contributed by atoms with Crippen LogP contribution in [0.5, 0.6) is 0 Å². The van der Waals surface area contributed by atoms with Crippen molar-refractivity contribution in [2.75, 3.05) is 20.2 Å². The Morgan fingerprint density at radius 1 is 1.20 bits per heavy atom. The first-order chi connectivity index (χ1) is 9.63. The van der Waals surface area contributed by atoms with Crippen molar-refractivity contribution in [1.82, 2.24) is 5.32 Å². The number of halogens is 2. The summed E-state index contributed by atoms with van der Waals surface area (Å²) in [6, 6.07) is 3.68. The fraction of sp³-hybridized carbons (Fsp3) is 0.533. The normalized spacial score (nSPS) is 10.6. The number of nitrogens with one attached hydrogen (secondary N) is 1. The number of benzene rings is 1. The summed E-state index contributed by atoms with van der Waals surface area (Å²) in [6.07, 6.45) is 3.52. The van der Waals surface area contributed by atoms with Gasteiger partial charge in [0, 0.05) is 12.5 Å². The van der Waals surface area contributed by atoms with Crippen molar-refractivity contribution in [2.24, 2.45) is 0 Å². The number of hydrogen-bond acceptors (Lipinski definition) is 3. The van der Waals surface area contributed by atoms with Crippen LogP contribution in [0.4, 0.5) is 8.78 Å². The van der Waals surface area contributed by atoms with E-state index in [2.05, 4.69) is 10.1 Å². The summed E-state index contributed by atoms with van der Waals surface area (Å²) >= 11 is 0. The van der Waals surface area contributed by atoms with Crippen molar-refractivity contribution in [3.05, 3.63) is 35.4 Å². The molecule has 3 nitrogen and oxygen atoms in total. The van der Waals surface area contributed by atoms with Crippen LogP contribution in [-0.4, -0.2) is 26.2 Å². The van der Waals surface area contributed by atoms with Crippen LogP contribution in [0.3, 0.4) is 0 Å². The lowest BCUT2D eigenvalue weighted by Crippen LogP contribution is -2.17. The van der Waals surface area contributed by atoms with Crippen molar-refractivity contribution in [2.45, 2.75) is 32.1 Å². The number of unbranched alkanes of at least 4 members (excludes halogenated alkanes) is 1. The van der Waals surface area contributed by atoms with Crippen LogP contribution in [0.2, 0.25) is 0 Å². The summed E-state index contributed by atoms with van der Waals surface area (Å²) in [4.78, 5) is 10.9. The Morgan fingerprint density at radius 3 is 2.65 bits per heavy atom. The highest BCUT2D eigenvalue weighted by Crippen LogP contribution is 2.11. The third kappa shape index (κ3) is 6.61. The third-order valence-electron chi connectivity index (χ3n) is 3.03. The topological polar surface area (TPSA) is 38.3 Å². The molecule has 0 amide bonds. The van der Waals surface area contributed by atoms with Crippen LogP contribution in [-0.2, 0) is 16.0 Å². The minimum absolute atomic E-state index is 0.184. The van der Waals surface area contributed by atoms with Crippen molar-refractivity contribution >= 4 is 5.97 Å². The summed E-state index contributed by atoms with van der Waals surface area (Å²) in [5.74, 6) is -1.21. The summed E-state index contributed by atoms with van der Waals surface area (Å²) in [5, 5.41) is 3.23. The third-order valence-corrected chi connectivity index (χ3v) is 3.03. The van der Waals surface area contributed by atoms with Gasteiger partial charge in [0.25, 0.3) is 0 Å². The molecular formula is C15H21F2NO2. The van der Waals surface area contributed by atoms with E-state index in [1.165, 1.54) is 19.2 Å². The molecule has 1 aromatic rings. The van der Waals surface area contributed by atoms with Gasteiger partial charge >= 0.3 is 5.97 Å². The van der Waals surface area contributed by atoms with Gasteiger partial charge in [0.1, 0.15) is 11.6 Å². The lowest BCUT2D eigenvalue weighted by molar-refractivity contribution is -0.140. The molecule has 0 unspecified atom stereocenters. The quantitative estimate of drug-likeness (QED) is 0.560. The minimum atomic E-state index is -0.546. The lowest BCUT2D eigenvalue weighted by Gasteiger charge is -2.05. The summed E-state index contributed by atoms with van der Waals surface area (Å²) in [5.41, 5.74) is 0.541. The Balaban J connectivity index is 2.03. The fourth-order valence-corrected chi connectivity index (χ4v) is 1.87. The molecule has 20 heavy (non-hydrogen) atoms. The molecule has 0 atom stereocenters. The zero-order chi connectivity index (χ0) is 14.8. The van der Waals surface area contributed by atoms with Gasteiger partial charge in [-0.3, -0.25) is 4.79 Å². The first kappa shape index (κ1) is 16.6. The van der Waals surface area contributed by atoms with Crippen LogP contribution in [0.25, 0.3) is 0 Å². The number of methoxy groups -OCH3 is 1. The zero-order valence-corrected chi connectivity index (χ0v) is 11.8. The van der Waals surface area contributed by atoms with Crippen LogP contribution in [0.1, 0.15) is 31.2 Å². The molecule has 1 aromatic carbocycles. The molecule has 0 aromatic heterocycles. The van der Waals surface area contributed by atoms with Crippen molar-refractivity contribution < 1.29 is 18.3 Å². The number of carbonyl (C=O) groups excluding carboxylic acids is 1. The standard InChI is InChI=1S/C15H21F2NO2/c1-20-15(19)6-2-3-9-18-10-4-5-12-7-8-13(16)11-14(12)17/h7-8,11,18H,2-6,9-10H2,1H3. The first-order valence-corrected chi connectivity index (χ1v) is 6.85. The van der Waals surface area contributed by atoms with E-state index in [4.69, 9.17) is 0 Å². The largest absolute Gasteiger partial charge is 0.469 e. The highest BCUT2D eigenvalue weighted by molar-refractivity contribution is 5.68. The van der Waals surface area contributed by atoms with E-state index in [1.807, 2.05) is 0 Å². The molecule has 0 bridgehead atoms. The van der Waals surface area contributed by atoms with E-state index in [0.717, 1.165) is 38.4 Å². The molecule has 0 saturated heterocycles.